The van der Waals surface area contributed by atoms with Gasteiger partial charge >= 0.3 is 0 Å². The number of hydrogen-bond donors (Lipinski definition) is 0. The number of rotatable bonds is 4. The lowest BCUT2D eigenvalue weighted by atomic mass is 10.2. The summed E-state index contributed by atoms with van der Waals surface area (Å²) < 4.78 is 3.70. The van der Waals surface area contributed by atoms with E-state index in [1.165, 1.54) is 0 Å². The molecule has 0 fully saturated rings. The highest BCUT2D eigenvalue weighted by Crippen LogP contribution is 2.12. The molecule has 0 aromatic carbocycles. The van der Waals surface area contributed by atoms with Crippen LogP contribution in [0, 0.1) is 6.92 Å². The van der Waals surface area contributed by atoms with Crippen LogP contribution in [0.3, 0.4) is 0 Å². The molecule has 1 heterocycles. The Labute approximate surface area is 75.3 Å². The van der Waals surface area contributed by atoms with Gasteiger partial charge in [0.15, 0.2) is 5.78 Å². The van der Waals surface area contributed by atoms with E-state index < -0.39 is 0 Å². The van der Waals surface area contributed by atoms with Crippen molar-refractivity contribution in [3.05, 3.63) is 23.2 Å². The normalized spacial score (nSPS) is 9.75. The van der Waals surface area contributed by atoms with Crippen molar-refractivity contribution in [3.8, 4) is 0 Å². The molecule has 1 aromatic heterocycles. The van der Waals surface area contributed by atoms with Crippen LogP contribution in [-0.2, 0) is 0 Å². The van der Waals surface area contributed by atoms with Crippen LogP contribution in [0.4, 0.5) is 0 Å². The van der Waals surface area contributed by atoms with Crippen molar-refractivity contribution in [2.24, 2.45) is 0 Å². The van der Waals surface area contributed by atoms with Crippen LogP contribution in [0.25, 0.3) is 0 Å². The Morgan fingerprint density at radius 2 is 2.50 bits per heavy atom. The predicted octanol–water partition coefficient (Wildman–Crippen LogP) is 2.00. The summed E-state index contributed by atoms with van der Waals surface area (Å²) in [4.78, 5) is 12.0. The molecule has 0 saturated heterocycles. The fraction of sp³-hybridized carbons (Fsp3) is 0.375. The van der Waals surface area contributed by atoms with Crippen LogP contribution < -0.4 is 0 Å². The van der Waals surface area contributed by atoms with E-state index in [0.717, 1.165) is 23.6 Å². The first-order valence-corrected chi connectivity index (χ1v) is 4.46. The average molecular weight is 182 g/mol. The van der Waals surface area contributed by atoms with Gasteiger partial charge in [-0.15, -0.1) is 11.7 Å². The van der Waals surface area contributed by atoms with E-state index in [0.29, 0.717) is 11.3 Å². The van der Waals surface area contributed by atoms with Gasteiger partial charge in [0.25, 0.3) is 0 Å². The van der Waals surface area contributed by atoms with Gasteiger partial charge in [-0.3, -0.25) is 4.79 Å². The second-order valence-corrected chi connectivity index (χ2v) is 3.19. The zero-order chi connectivity index (χ0) is 8.97. The van der Waals surface area contributed by atoms with Crippen molar-refractivity contribution >= 4 is 17.3 Å². The number of carbonyl (C=O) groups is 1. The first-order chi connectivity index (χ1) is 5.75. The van der Waals surface area contributed by atoms with Gasteiger partial charge in [0.2, 0.25) is 0 Å². The molecule has 0 unspecified atom stereocenters. The summed E-state index contributed by atoms with van der Waals surface area (Å²) in [6.45, 7) is 5.35. The zero-order valence-corrected chi connectivity index (χ0v) is 7.73. The van der Waals surface area contributed by atoms with Gasteiger partial charge in [-0.05, 0) is 24.9 Å². The molecular formula is C8H10N2OS. The average Bonchev–Trinajstić information content (AvgIpc) is 2.47. The van der Waals surface area contributed by atoms with E-state index >= 15 is 0 Å². The molecule has 0 aliphatic heterocycles. The molecule has 0 aliphatic carbocycles. The summed E-state index contributed by atoms with van der Waals surface area (Å²) in [5.41, 5.74) is 0.731. The molecule has 1 aromatic rings. The van der Waals surface area contributed by atoms with Gasteiger partial charge in [-0.25, -0.2) is 0 Å². The van der Waals surface area contributed by atoms with Crippen LogP contribution in [0.1, 0.15) is 28.2 Å². The van der Waals surface area contributed by atoms with Gasteiger partial charge in [0.1, 0.15) is 4.88 Å². The SMILES string of the molecule is C=CCCC(=O)c1snnc1C. The quantitative estimate of drug-likeness (QED) is 0.528. The molecule has 64 valence electrons. The minimum absolute atomic E-state index is 0.113. The Kier molecular flexibility index (Phi) is 3.10. The first kappa shape index (κ1) is 9.06. The smallest absolute Gasteiger partial charge is 0.176 e. The Bertz CT molecular complexity index is 293. The number of ketones is 1. The molecule has 0 atom stereocenters. The van der Waals surface area contributed by atoms with E-state index in [4.69, 9.17) is 0 Å². The molecule has 0 spiro atoms. The number of hydrogen-bond acceptors (Lipinski definition) is 4. The second-order valence-electron chi connectivity index (χ2n) is 2.44. The number of Topliss-reactive ketones (excluding diaryl/α,β-unsaturated/α-hetero) is 1. The molecule has 0 aliphatic rings. The molecule has 0 bridgehead atoms. The van der Waals surface area contributed by atoms with E-state index in [1.807, 2.05) is 0 Å². The summed E-state index contributed by atoms with van der Waals surface area (Å²) in [5.74, 6) is 0.113. The third kappa shape index (κ3) is 1.98. The van der Waals surface area contributed by atoms with Gasteiger partial charge in [0.05, 0.1) is 5.69 Å². The third-order valence-electron chi connectivity index (χ3n) is 1.48. The molecule has 12 heavy (non-hydrogen) atoms. The highest BCUT2D eigenvalue weighted by Gasteiger charge is 2.11. The summed E-state index contributed by atoms with van der Waals surface area (Å²) in [6, 6.07) is 0. The fourth-order valence-electron chi connectivity index (χ4n) is 0.833. The third-order valence-corrected chi connectivity index (χ3v) is 2.35. The van der Waals surface area contributed by atoms with Crippen molar-refractivity contribution in [2.75, 3.05) is 0 Å². The van der Waals surface area contributed by atoms with Crippen molar-refractivity contribution in [2.45, 2.75) is 19.8 Å². The molecular weight excluding hydrogens is 172 g/mol. The molecule has 0 amide bonds. The monoisotopic (exact) mass is 182 g/mol. The molecule has 0 radical (unpaired) electrons. The molecule has 1 rings (SSSR count). The van der Waals surface area contributed by atoms with E-state index in [1.54, 1.807) is 13.0 Å². The maximum Gasteiger partial charge on any atom is 0.176 e. The lowest BCUT2D eigenvalue weighted by Crippen LogP contribution is -1.97. The number of aryl methyl sites for hydroxylation is 1. The lowest BCUT2D eigenvalue weighted by Gasteiger charge is -1.92. The number of aromatic nitrogens is 2. The van der Waals surface area contributed by atoms with E-state index in [-0.39, 0.29) is 5.78 Å². The largest absolute Gasteiger partial charge is 0.293 e. The van der Waals surface area contributed by atoms with Crippen LogP contribution in [0.2, 0.25) is 0 Å². The van der Waals surface area contributed by atoms with Gasteiger partial charge in [-0.1, -0.05) is 10.6 Å². The van der Waals surface area contributed by atoms with Gasteiger partial charge in [-0.2, -0.15) is 0 Å². The van der Waals surface area contributed by atoms with Crippen molar-refractivity contribution < 1.29 is 4.79 Å². The van der Waals surface area contributed by atoms with E-state index in [2.05, 4.69) is 16.2 Å². The molecule has 0 N–H and O–H groups in total. The lowest BCUT2D eigenvalue weighted by molar-refractivity contribution is 0.0987. The number of carbonyl (C=O) groups excluding carboxylic acids is 1. The summed E-state index contributed by atoms with van der Waals surface area (Å²) in [6.07, 6.45) is 2.96. The van der Waals surface area contributed by atoms with E-state index in [9.17, 15) is 4.79 Å². The maximum atomic E-state index is 11.4. The Hall–Kier alpha value is -1.03. The van der Waals surface area contributed by atoms with Crippen LogP contribution in [0.15, 0.2) is 12.7 Å². The van der Waals surface area contributed by atoms with Crippen molar-refractivity contribution in [1.82, 2.24) is 9.59 Å². The standard InChI is InChI=1S/C8H10N2OS/c1-3-4-5-7(11)8-6(2)9-10-12-8/h3H,1,4-5H2,2H3. The minimum Gasteiger partial charge on any atom is -0.293 e. The van der Waals surface area contributed by atoms with Gasteiger partial charge < -0.3 is 0 Å². The summed E-state index contributed by atoms with van der Waals surface area (Å²) >= 11 is 1.16. The van der Waals surface area contributed by atoms with Crippen molar-refractivity contribution in [1.29, 1.82) is 0 Å². The second kappa shape index (κ2) is 4.11. The molecule has 4 heteroatoms. The van der Waals surface area contributed by atoms with Crippen molar-refractivity contribution in [3.63, 3.8) is 0 Å². The van der Waals surface area contributed by atoms with Crippen LogP contribution in [0.5, 0.6) is 0 Å². The Morgan fingerprint density at radius 3 is 3.00 bits per heavy atom. The summed E-state index contributed by atoms with van der Waals surface area (Å²) in [7, 11) is 0. The topological polar surface area (TPSA) is 42.9 Å². The molecule has 3 nitrogen and oxygen atoms in total. The van der Waals surface area contributed by atoms with Gasteiger partial charge in [0, 0.05) is 6.42 Å². The maximum absolute atomic E-state index is 11.4. The Balaban J connectivity index is 2.65. The highest BCUT2D eigenvalue weighted by atomic mass is 32.1. The zero-order valence-electron chi connectivity index (χ0n) is 6.91. The van der Waals surface area contributed by atoms with Crippen LogP contribution >= 0.6 is 11.5 Å². The first-order valence-electron chi connectivity index (χ1n) is 3.68. The highest BCUT2D eigenvalue weighted by molar-refractivity contribution is 7.08. The summed E-state index contributed by atoms with van der Waals surface area (Å²) in [5, 5.41) is 3.77. The molecule has 0 saturated carbocycles. The minimum atomic E-state index is 0.113. The number of allylic oxidation sites excluding steroid dienone is 1. The Morgan fingerprint density at radius 1 is 1.75 bits per heavy atom. The fourth-order valence-corrected chi connectivity index (χ4v) is 1.46. The number of nitrogens with zero attached hydrogens (tertiary/aromatic N) is 2. The van der Waals surface area contributed by atoms with Crippen LogP contribution in [-0.4, -0.2) is 15.4 Å². The predicted molar refractivity (Wildman–Crippen MR) is 48.4 cm³/mol.